The molecule has 0 radical (unpaired) electrons. The fourth-order valence-corrected chi connectivity index (χ4v) is 2.40. The van der Waals surface area contributed by atoms with Crippen LogP contribution in [0, 0.1) is 0 Å². The van der Waals surface area contributed by atoms with E-state index in [4.69, 9.17) is 5.11 Å². The van der Waals surface area contributed by atoms with Gasteiger partial charge in [-0.25, -0.2) is 0 Å². The first-order chi connectivity index (χ1) is 11.2. The number of rotatable bonds is 8. The molecule has 0 saturated carbocycles. The molecule has 0 unspecified atom stereocenters. The van der Waals surface area contributed by atoms with E-state index in [0.717, 1.165) is 18.8 Å². The molecule has 122 valence electrons. The third-order valence-corrected chi connectivity index (χ3v) is 3.71. The number of aliphatic hydroxyl groups is 1. The van der Waals surface area contributed by atoms with E-state index in [9.17, 15) is 4.79 Å². The van der Waals surface area contributed by atoms with E-state index in [1.807, 2.05) is 42.5 Å². The van der Waals surface area contributed by atoms with Crippen molar-refractivity contribution in [3.05, 3.63) is 65.7 Å². The summed E-state index contributed by atoms with van der Waals surface area (Å²) in [5.41, 5.74) is 3.01. The Balaban J connectivity index is 2.00. The van der Waals surface area contributed by atoms with Crippen molar-refractivity contribution in [1.82, 2.24) is 5.32 Å². The van der Waals surface area contributed by atoms with Gasteiger partial charge in [0.15, 0.2) is 0 Å². The Hall–Kier alpha value is -2.33. The molecule has 4 nitrogen and oxygen atoms in total. The number of aliphatic hydroxyl groups excluding tert-OH is 1. The molecule has 0 fully saturated rings. The summed E-state index contributed by atoms with van der Waals surface area (Å²) in [6.45, 7) is 4.45. The molecule has 0 atom stereocenters. The molecular formula is C19H24N2O2. The highest BCUT2D eigenvalue weighted by atomic mass is 16.3. The lowest BCUT2D eigenvalue weighted by Crippen LogP contribution is -2.25. The van der Waals surface area contributed by atoms with Crippen LogP contribution in [-0.2, 0) is 6.54 Å². The smallest absolute Gasteiger partial charge is 0.251 e. The van der Waals surface area contributed by atoms with Crippen molar-refractivity contribution in [3.63, 3.8) is 0 Å². The number of hydrogen-bond donors (Lipinski definition) is 2. The van der Waals surface area contributed by atoms with E-state index in [-0.39, 0.29) is 12.5 Å². The molecule has 0 aromatic heterocycles. The molecule has 4 heteroatoms. The molecule has 2 aromatic carbocycles. The molecule has 1 amide bonds. The van der Waals surface area contributed by atoms with Crippen LogP contribution in [0.2, 0.25) is 0 Å². The van der Waals surface area contributed by atoms with Gasteiger partial charge in [0.25, 0.3) is 5.91 Å². The Morgan fingerprint density at radius 2 is 1.78 bits per heavy atom. The molecule has 0 saturated heterocycles. The minimum absolute atomic E-state index is 0.0875. The summed E-state index contributed by atoms with van der Waals surface area (Å²) in [4.78, 5) is 14.2. The Bertz CT molecular complexity index is 597. The van der Waals surface area contributed by atoms with E-state index < -0.39 is 0 Å². The number of hydrogen-bond acceptors (Lipinski definition) is 3. The summed E-state index contributed by atoms with van der Waals surface area (Å²) in [7, 11) is 0. The molecule has 2 aromatic rings. The highest BCUT2D eigenvalue weighted by molar-refractivity contribution is 5.94. The fourth-order valence-electron chi connectivity index (χ4n) is 2.40. The number of nitrogens with one attached hydrogen (secondary N) is 1. The number of carbonyl (C=O) groups is 1. The van der Waals surface area contributed by atoms with Crippen LogP contribution in [0.5, 0.6) is 0 Å². The van der Waals surface area contributed by atoms with Gasteiger partial charge in [-0.05, 0) is 43.2 Å². The first-order valence-electron chi connectivity index (χ1n) is 8.02. The van der Waals surface area contributed by atoms with Gasteiger partial charge in [-0.3, -0.25) is 4.79 Å². The fraction of sp³-hybridized carbons (Fsp3) is 0.316. The predicted molar refractivity (Wildman–Crippen MR) is 93.6 cm³/mol. The first kappa shape index (κ1) is 17.0. The molecule has 2 rings (SSSR count). The summed E-state index contributed by atoms with van der Waals surface area (Å²) < 4.78 is 0. The van der Waals surface area contributed by atoms with Gasteiger partial charge in [0.1, 0.15) is 0 Å². The summed E-state index contributed by atoms with van der Waals surface area (Å²) in [5, 5.41) is 11.5. The monoisotopic (exact) mass is 312 g/mol. The average molecular weight is 312 g/mol. The average Bonchev–Trinajstić information content (AvgIpc) is 2.61. The lowest BCUT2D eigenvalue weighted by Gasteiger charge is -2.23. The zero-order chi connectivity index (χ0) is 16.5. The zero-order valence-electron chi connectivity index (χ0n) is 13.5. The number of amides is 1. The standard InChI is InChI=1S/C19H24N2O2/c1-2-21(15-16-7-4-3-5-8-16)18-11-9-17(10-12-18)19(23)20-13-6-14-22/h3-5,7-12,22H,2,6,13-15H2,1H3,(H,20,23). The van der Waals surface area contributed by atoms with E-state index in [2.05, 4.69) is 29.3 Å². The second kappa shape index (κ2) is 8.96. The molecule has 2 N–H and O–H groups in total. The van der Waals surface area contributed by atoms with Crippen molar-refractivity contribution in [2.24, 2.45) is 0 Å². The Morgan fingerprint density at radius 3 is 2.39 bits per heavy atom. The van der Waals surface area contributed by atoms with Crippen LogP contribution < -0.4 is 10.2 Å². The van der Waals surface area contributed by atoms with Gasteiger partial charge in [-0.2, -0.15) is 0 Å². The number of nitrogens with zero attached hydrogens (tertiary/aromatic N) is 1. The Morgan fingerprint density at radius 1 is 1.09 bits per heavy atom. The van der Waals surface area contributed by atoms with Crippen LogP contribution in [0.25, 0.3) is 0 Å². The molecule has 23 heavy (non-hydrogen) atoms. The van der Waals surface area contributed by atoms with E-state index >= 15 is 0 Å². The van der Waals surface area contributed by atoms with Crippen molar-refractivity contribution in [1.29, 1.82) is 0 Å². The van der Waals surface area contributed by atoms with Gasteiger partial charge in [-0.15, -0.1) is 0 Å². The van der Waals surface area contributed by atoms with Crippen molar-refractivity contribution in [2.75, 3.05) is 24.6 Å². The van der Waals surface area contributed by atoms with E-state index in [1.54, 1.807) is 0 Å². The SMILES string of the molecule is CCN(Cc1ccccc1)c1ccc(C(=O)NCCCO)cc1. The summed E-state index contributed by atoms with van der Waals surface area (Å²) in [6.07, 6.45) is 0.574. The second-order valence-electron chi connectivity index (χ2n) is 5.38. The van der Waals surface area contributed by atoms with Gasteiger partial charge in [0.2, 0.25) is 0 Å². The zero-order valence-corrected chi connectivity index (χ0v) is 13.5. The summed E-state index contributed by atoms with van der Waals surface area (Å²) >= 11 is 0. The normalized spacial score (nSPS) is 10.3. The lowest BCUT2D eigenvalue weighted by atomic mass is 10.1. The maximum Gasteiger partial charge on any atom is 0.251 e. The van der Waals surface area contributed by atoms with Crippen molar-refractivity contribution >= 4 is 11.6 Å². The predicted octanol–water partition coefficient (Wildman–Crippen LogP) is 2.83. The molecule has 0 bridgehead atoms. The largest absolute Gasteiger partial charge is 0.396 e. The number of anilines is 1. The van der Waals surface area contributed by atoms with Crippen LogP contribution in [0.15, 0.2) is 54.6 Å². The van der Waals surface area contributed by atoms with E-state index in [0.29, 0.717) is 18.5 Å². The number of benzene rings is 2. The summed E-state index contributed by atoms with van der Waals surface area (Å²) in [6, 6.07) is 18.0. The van der Waals surface area contributed by atoms with E-state index in [1.165, 1.54) is 5.56 Å². The first-order valence-corrected chi connectivity index (χ1v) is 8.02. The quantitative estimate of drug-likeness (QED) is 0.737. The van der Waals surface area contributed by atoms with Gasteiger partial charge >= 0.3 is 0 Å². The molecule has 0 aliphatic rings. The van der Waals surface area contributed by atoms with Crippen LogP contribution >= 0.6 is 0 Å². The highest BCUT2D eigenvalue weighted by Gasteiger charge is 2.08. The van der Waals surface area contributed by atoms with Crippen LogP contribution in [0.1, 0.15) is 29.3 Å². The minimum Gasteiger partial charge on any atom is -0.396 e. The maximum absolute atomic E-state index is 12.0. The van der Waals surface area contributed by atoms with Gasteiger partial charge in [0, 0.05) is 37.5 Å². The van der Waals surface area contributed by atoms with Crippen LogP contribution in [0.4, 0.5) is 5.69 Å². The second-order valence-corrected chi connectivity index (χ2v) is 5.38. The number of carbonyl (C=O) groups excluding carboxylic acids is 1. The maximum atomic E-state index is 12.0. The topological polar surface area (TPSA) is 52.6 Å². The molecule has 0 aliphatic heterocycles. The van der Waals surface area contributed by atoms with Gasteiger partial charge in [0.05, 0.1) is 0 Å². The third-order valence-electron chi connectivity index (χ3n) is 3.71. The van der Waals surface area contributed by atoms with Gasteiger partial charge in [-0.1, -0.05) is 30.3 Å². The molecule has 0 aliphatic carbocycles. The molecule has 0 spiro atoms. The molecule has 0 heterocycles. The summed E-state index contributed by atoms with van der Waals surface area (Å²) in [5.74, 6) is -0.101. The van der Waals surface area contributed by atoms with Crippen LogP contribution in [-0.4, -0.2) is 30.7 Å². The van der Waals surface area contributed by atoms with Crippen molar-refractivity contribution in [3.8, 4) is 0 Å². The van der Waals surface area contributed by atoms with Gasteiger partial charge < -0.3 is 15.3 Å². The highest BCUT2D eigenvalue weighted by Crippen LogP contribution is 2.18. The lowest BCUT2D eigenvalue weighted by molar-refractivity contribution is 0.0951. The van der Waals surface area contributed by atoms with Crippen LogP contribution in [0.3, 0.4) is 0 Å². The Kier molecular flexibility index (Phi) is 6.63. The van der Waals surface area contributed by atoms with Crippen molar-refractivity contribution in [2.45, 2.75) is 19.9 Å². The third kappa shape index (κ3) is 5.11. The Labute approximate surface area is 137 Å². The van der Waals surface area contributed by atoms with Crippen molar-refractivity contribution < 1.29 is 9.90 Å². The minimum atomic E-state index is -0.101. The molecular weight excluding hydrogens is 288 g/mol.